The number of benzene rings is 2. The first kappa shape index (κ1) is 14.2. The number of pyridine rings is 1. The zero-order valence-electron chi connectivity index (χ0n) is 12.4. The van der Waals surface area contributed by atoms with Crippen LogP contribution in [0.4, 0.5) is 0 Å². The van der Waals surface area contributed by atoms with E-state index in [9.17, 15) is 0 Å². The number of rotatable bonds is 5. The maximum atomic E-state index is 5.49. The molecule has 0 saturated heterocycles. The van der Waals surface area contributed by atoms with Crippen LogP contribution < -0.4 is 4.74 Å². The Hall–Kier alpha value is -1.74. The molecule has 108 valence electrons. The van der Waals surface area contributed by atoms with Gasteiger partial charge in [0.05, 0.1) is 12.6 Å². The van der Waals surface area contributed by atoms with E-state index in [1.807, 2.05) is 30.0 Å². The van der Waals surface area contributed by atoms with Crippen LogP contribution in [0.2, 0.25) is 0 Å². The molecule has 21 heavy (non-hydrogen) atoms. The van der Waals surface area contributed by atoms with Gasteiger partial charge in [0, 0.05) is 15.7 Å². The Morgan fingerprint density at radius 1 is 1.05 bits per heavy atom. The van der Waals surface area contributed by atoms with E-state index in [0.29, 0.717) is 0 Å². The number of hydrogen-bond acceptors (Lipinski definition) is 3. The van der Waals surface area contributed by atoms with Gasteiger partial charge in [-0.05, 0) is 24.3 Å². The van der Waals surface area contributed by atoms with Crippen LogP contribution >= 0.6 is 11.8 Å². The van der Waals surface area contributed by atoms with Crippen molar-refractivity contribution in [3.8, 4) is 5.75 Å². The van der Waals surface area contributed by atoms with E-state index in [1.165, 1.54) is 28.5 Å². The molecular formula is C18H19NOS. The van der Waals surface area contributed by atoms with E-state index in [4.69, 9.17) is 9.72 Å². The molecule has 1 heterocycles. The van der Waals surface area contributed by atoms with Crippen molar-refractivity contribution in [2.24, 2.45) is 0 Å². The van der Waals surface area contributed by atoms with Crippen molar-refractivity contribution < 1.29 is 4.74 Å². The summed E-state index contributed by atoms with van der Waals surface area (Å²) in [5.74, 6) is 1.98. The quantitative estimate of drug-likeness (QED) is 0.363. The lowest BCUT2D eigenvalue weighted by Gasteiger charge is -2.12. The fraction of sp³-hybridized carbons (Fsp3) is 0.278. The molecule has 0 aliphatic carbocycles. The number of hydrogen-bond donors (Lipinski definition) is 0. The molecule has 0 N–H and O–H groups in total. The minimum atomic E-state index is 0.843. The van der Waals surface area contributed by atoms with Gasteiger partial charge in [0.2, 0.25) is 0 Å². The summed E-state index contributed by atoms with van der Waals surface area (Å²) < 4.78 is 5.49. The molecule has 0 saturated carbocycles. The first-order chi connectivity index (χ1) is 10.3. The molecule has 0 unspecified atom stereocenters. The summed E-state index contributed by atoms with van der Waals surface area (Å²) in [6.07, 6.45) is 2.45. The van der Waals surface area contributed by atoms with Gasteiger partial charge in [-0.25, -0.2) is 4.98 Å². The Kier molecular flexibility index (Phi) is 4.30. The van der Waals surface area contributed by atoms with Crippen molar-refractivity contribution in [1.82, 2.24) is 4.98 Å². The van der Waals surface area contributed by atoms with Crippen LogP contribution in [0.15, 0.2) is 47.4 Å². The molecule has 0 aliphatic rings. The molecule has 3 rings (SSSR count). The maximum Gasteiger partial charge on any atom is 0.145 e. The zero-order valence-corrected chi connectivity index (χ0v) is 13.2. The molecule has 3 aromatic rings. The second-order valence-electron chi connectivity index (χ2n) is 5.02. The number of aromatic nitrogens is 1. The molecule has 0 atom stereocenters. The van der Waals surface area contributed by atoms with Crippen molar-refractivity contribution in [2.45, 2.75) is 24.7 Å². The fourth-order valence-electron chi connectivity index (χ4n) is 2.49. The van der Waals surface area contributed by atoms with E-state index in [1.54, 1.807) is 7.11 Å². The van der Waals surface area contributed by atoms with Gasteiger partial charge in [0.1, 0.15) is 11.3 Å². The standard InChI is InChI=1S/C18H19NOS/c1-3-4-12-21-18-13-8-5-6-10-15(13)19-17-14(18)9-7-11-16(17)20-2/h5-11H,3-4,12H2,1-2H3. The first-order valence-corrected chi connectivity index (χ1v) is 8.32. The largest absolute Gasteiger partial charge is 0.494 e. The Morgan fingerprint density at radius 2 is 1.86 bits per heavy atom. The summed E-state index contributed by atoms with van der Waals surface area (Å²) in [4.78, 5) is 6.12. The van der Waals surface area contributed by atoms with Gasteiger partial charge in [-0.15, -0.1) is 11.8 Å². The molecule has 3 heteroatoms. The summed E-state index contributed by atoms with van der Waals surface area (Å²) >= 11 is 1.93. The minimum Gasteiger partial charge on any atom is -0.494 e. The number of thioether (sulfide) groups is 1. The molecule has 2 aromatic carbocycles. The average molecular weight is 297 g/mol. The zero-order chi connectivity index (χ0) is 14.7. The van der Waals surface area contributed by atoms with Gasteiger partial charge in [-0.2, -0.15) is 0 Å². The van der Waals surface area contributed by atoms with Crippen molar-refractivity contribution in [1.29, 1.82) is 0 Å². The topological polar surface area (TPSA) is 22.1 Å². The lowest BCUT2D eigenvalue weighted by molar-refractivity contribution is 0.419. The molecule has 1 aromatic heterocycles. The highest BCUT2D eigenvalue weighted by Crippen LogP contribution is 2.37. The van der Waals surface area contributed by atoms with Gasteiger partial charge in [0.15, 0.2) is 0 Å². The molecule has 0 fully saturated rings. The third-order valence-corrected chi connectivity index (χ3v) is 4.81. The van der Waals surface area contributed by atoms with E-state index in [-0.39, 0.29) is 0 Å². The first-order valence-electron chi connectivity index (χ1n) is 7.33. The number of fused-ring (bicyclic) bond motifs is 2. The number of ether oxygens (including phenoxy) is 1. The van der Waals surface area contributed by atoms with Gasteiger partial charge < -0.3 is 4.74 Å². The molecule has 0 amide bonds. The van der Waals surface area contributed by atoms with Crippen LogP contribution in [0, 0.1) is 0 Å². The van der Waals surface area contributed by atoms with E-state index in [0.717, 1.165) is 22.5 Å². The molecule has 0 aliphatic heterocycles. The van der Waals surface area contributed by atoms with Crippen molar-refractivity contribution in [3.63, 3.8) is 0 Å². The minimum absolute atomic E-state index is 0.843. The van der Waals surface area contributed by atoms with Crippen molar-refractivity contribution in [3.05, 3.63) is 42.5 Å². The van der Waals surface area contributed by atoms with Crippen LogP contribution in [0.3, 0.4) is 0 Å². The smallest absolute Gasteiger partial charge is 0.145 e. The Labute approximate surface area is 129 Å². The molecule has 0 bridgehead atoms. The summed E-state index contributed by atoms with van der Waals surface area (Å²) in [5.41, 5.74) is 1.99. The second kappa shape index (κ2) is 6.35. The van der Waals surface area contributed by atoms with Crippen LogP contribution in [0.25, 0.3) is 21.8 Å². The number of unbranched alkanes of at least 4 members (excludes halogenated alkanes) is 1. The molecular weight excluding hydrogens is 278 g/mol. The van der Waals surface area contributed by atoms with Crippen LogP contribution in [0.5, 0.6) is 5.75 Å². The van der Waals surface area contributed by atoms with E-state index >= 15 is 0 Å². The Morgan fingerprint density at radius 3 is 2.67 bits per heavy atom. The number of methoxy groups -OCH3 is 1. The highest BCUT2D eigenvalue weighted by molar-refractivity contribution is 7.99. The fourth-order valence-corrected chi connectivity index (χ4v) is 3.77. The third kappa shape index (κ3) is 2.70. The van der Waals surface area contributed by atoms with Gasteiger partial charge in [-0.3, -0.25) is 0 Å². The summed E-state index contributed by atoms with van der Waals surface area (Å²) in [6.45, 7) is 2.23. The summed E-state index contributed by atoms with van der Waals surface area (Å²) in [6, 6.07) is 14.5. The van der Waals surface area contributed by atoms with Crippen LogP contribution in [-0.2, 0) is 0 Å². The van der Waals surface area contributed by atoms with Gasteiger partial charge >= 0.3 is 0 Å². The predicted molar refractivity (Wildman–Crippen MR) is 91.4 cm³/mol. The molecule has 2 nitrogen and oxygen atoms in total. The summed E-state index contributed by atoms with van der Waals surface area (Å²) in [7, 11) is 1.70. The van der Waals surface area contributed by atoms with Gasteiger partial charge in [-0.1, -0.05) is 43.7 Å². The van der Waals surface area contributed by atoms with E-state index in [2.05, 4.69) is 31.2 Å². The lowest BCUT2D eigenvalue weighted by Crippen LogP contribution is -1.92. The third-order valence-electron chi connectivity index (χ3n) is 3.59. The number of nitrogens with zero attached hydrogens (tertiary/aromatic N) is 1. The van der Waals surface area contributed by atoms with Crippen LogP contribution in [-0.4, -0.2) is 17.8 Å². The lowest BCUT2D eigenvalue weighted by atomic mass is 10.1. The monoisotopic (exact) mass is 297 g/mol. The van der Waals surface area contributed by atoms with Gasteiger partial charge in [0.25, 0.3) is 0 Å². The Bertz CT molecular complexity index is 770. The highest BCUT2D eigenvalue weighted by atomic mass is 32.2. The van der Waals surface area contributed by atoms with Crippen LogP contribution in [0.1, 0.15) is 19.8 Å². The summed E-state index contributed by atoms with van der Waals surface area (Å²) in [5, 5.41) is 2.42. The normalized spacial score (nSPS) is 11.1. The molecule has 0 spiro atoms. The maximum absolute atomic E-state index is 5.49. The van der Waals surface area contributed by atoms with Crippen molar-refractivity contribution >= 4 is 33.6 Å². The van der Waals surface area contributed by atoms with Crippen molar-refractivity contribution in [2.75, 3.05) is 12.9 Å². The highest BCUT2D eigenvalue weighted by Gasteiger charge is 2.12. The predicted octanol–water partition coefficient (Wildman–Crippen LogP) is 5.29. The molecule has 0 radical (unpaired) electrons. The van der Waals surface area contributed by atoms with E-state index < -0.39 is 0 Å². The number of para-hydroxylation sites is 2. The SMILES string of the molecule is CCCCSc1c2ccccc2nc2c(OC)cccc12. The second-order valence-corrected chi connectivity index (χ2v) is 6.12. The average Bonchev–Trinajstić information content (AvgIpc) is 2.54. The Balaban J connectivity index is 2.26.